The molecule has 1 heterocycles. The van der Waals surface area contributed by atoms with Gasteiger partial charge in [-0.05, 0) is 12.1 Å². The van der Waals surface area contributed by atoms with Crippen molar-refractivity contribution in [2.24, 2.45) is 0 Å². The van der Waals surface area contributed by atoms with Crippen LogP contribution in [0.5, 0.6) is 0 Å². The fourth-order valence-corrected chi connectivity index (χ4v) is 1.69. The Morgan fingerprint density at radius 2 is 1.50 bits per heavy atom. The molecule has 0 saturated heterocycles. The number of fused-ring (bicyclic) bond motifs is 1. The zero-order chi connectivity index (χ0) is 10.1. The molecule has 0 fully saturated rings. The first-order valence-corrected chi connectivity index (χ1v) is 4.94. The van der Waals surface area contributed by atoms with Crippen LogP contribution < -0.4 is 0 Å². The van der Waals surface area contributed by atoms with Gasteiger partial charge < -0.3 is 4.98 Å². The van der Waals surface area contributed by atoms with Crippen LogP contribution in [0.3, 0.4) is 0 Å². The van der Waals surface area contributed by atoms with Gasteiger partial charge in [-0.15, -0.1) is 0 Å². The zero-order valence-electron chi connectivity index (χ0n) is 8.85. The molecule has 1 N–H and O–H groups in total. The average Bonchev–Trinajstić information content (AvgIpc) is 2.74. The molecule has 0 aliphatic heterocycles. The number of nitrogens with one attached hydrogen (secondary N) is 1. The van der Waals surface area contributed by atoms with E-state index in [1.54, 1.807) is 0 Å². The quantitative estimate of drug-likeness (QED) is 0.668. The Labute approximate surface area is 106 Å². The molecule has 1 aromatic heterocycles. The second-order valence-electron chi connectivity index (χ2n) is 3.47. The van der Waals surface area contributed by atoms with E-state index in [1.807, 2.05) is 42.5 Å². The Bertz CT molecular complexity index is 554. The van der Waals surface area contributed by atoms with Crippen LogP contribution in [-0.4, -0.2) is 9.97 Å². The third-order valence-electron chi connectivity index (χ3n) is 2.44. The number of benzene rings is 2. The first kappa shape index (κ1) is 11.0. The van der Waals surface area contributed by atoms with Crippen LogP contribution in [0, 0.1) is 0 Å². The summed E-state index contributed by atoms with van der Waals surface area (Å²) in [6, 6.07) is 18.2. The first-order chi connectivity index (χ1) is 7.43. The Balaban J connectivity index is 0.000000963. The van der Waals surface area contributed by atoms with Crippen molar-refractivity contribution in [2.45, 2.75) is 0 Å². The number of hydrogen-bond donors (Lipinski definition) is 1. The molecule has 74 valence electrons. The Hall–Kier alpha value is -1.47. The van der Waals surface area contributed by atoms with Crippen LogP contribution in [0.4, 0.5) is 0 Å². The topological polar surface area (TPSA) is 28.7 Å². The molecule has 0 atom stereocenters. The zero-order valence-corrected chi connectivity index (χ0v) is 11.8. The Morgan fingerprint density at radius 1 is 0.812 bits per heavy atom. The van der Waals surface area contributed by atoms with Crippen LogP contribution in [0.15, 0.2) is 54.6 Å². The largest absolute Gasteiger partial charge is 0.338 e. The normalized spacial score (nSPS) is 10.0. The number of aromatic nitrogens is 2. The SMILES string of the molecule is [Zn].c1ccc(-c2nc3ccccc3[nH]2)cc1. The summed E-state index contributed by atoms with van der Waals surface area (Å²) in [6.45, 7) is 0. The van der Waals surface area contributed by atoms with Gasteiger partial charge in [0, 0.05) is 25.0 Å². The minimum Gasteiger partial charge on any atom is -0.338 e. The molecule has 2 aromatic carbocycles. The number of rotatable bonds is 1. The van der Waals surface area contributed by atoms with Crippen molar-refractivity contribution in [3.05, 3.63) is 54.6 Å². The molecular weight excluding hydrogens is 250 g/mol. The average molecular weight is 260 g/mol. The minimum absolute atomic E-state index is 0. The van der Waals surface area contributed by atoms with E-state index in [0.717, 1.165) is 22.4 Å². The van der Waals surface area contributed by atoms with E-state index in [0.29, 0.717) is 0 Å². The Kier molecular flexibility index (Phi) is 3.16. The number of imidazole rings is 1. The predicted molar refractivity (Wildman–Crippen MR) is 61.5 cm³/mol. The maximum atomic E-state index is 4.53. The van der Waals surface area contributed by atoms with E-state index < -0.39 is 0 Å². The van der Waals surface area contributed by atoms with Crippen molar-refractivity contribution in [1.29, 1.82) is 0 Å². The van der Waals surface area contributed by atoms with Gasteiger partial charge in [0.25, 0.3) is 0 Å². The summed E-state index contributed by atoms with van der Waals surface area (Å²) < 4.78 is 0. The summed E-state index contributed by atoms with van der Waals surface area (Å²) in [7, 11) is 0. The van der Waals surface area contributed by atoms with E-state index in [-0.39, 0.29) is 19.5 Å². The molecule has 3 heteroatoms. The summed E-state index contributed by atoms with van der Waals surface area (Å²) in [5.74, 6) is 0.928. The van der Waals surface area contributed by atoms with E-state index >= 15 is 0 Å². The molecule has 3 rings (SSSR count). The first-order valence-electron chi connectivity index (χ1n) is 4.94. The molecule has 2 nitrogen and oxygen atoms in total. The Morgan fingerprint density at radius 3 is 2.25 bits per heavy atom. The number of aromatic amines is 1. The van der Waals surface area contributed by atoms with Crippen molar-refractivity contribution >= 4 is 11.0 Å². The van der Waals surface area contributed by atoms with Gasteiger partial charge in [0.05, 0.1) is 11.0 Å². The summed E-state index contributed by atoms with van der Waals surface area (Å²) >= 11 is 0. The fourth-order valence-electron chi connectivity index (χ4n) is 1.69. The monoisotopic (exact) mass is 258 g/mol. The van der Waals surface area contributed by atoms with E-state index in [4.69, 9.17) is 0 Å². The molecule has 0 aliphatic carbocycles. The van der Waals surface area contributed by atoms with Crippen LogP contribution in [0.1, 0.15) is 0 Å². The molecule has 0 bridgehead atoms. The van der Waals surface area contributed by atoms with Gasteiger partial charge in [-0.1, -0.05) is 42.5 Å². The van der Waals surface area contributed by atoms with Crippen molar-refractivity contribution < 1.29 is 19.5 Å². The van der Waals surface area contributed by atoms with Crippen molar-refractivity contribution in [1.82, 2.24) is 9.97 Å². The molecule has 16 heavy (non-hydrogen) atoms. The van der Waals surface area contributed by atoms with E-state index in [9.17, 15) is 0 Å². The van der Waals surface area contributed by atoms with Gasteiger partial charge in [0.1, 0.15) is 5.82 Å². The van der Waals surface area contributed by atoms with E-state index in [1.165, 1.54) is 0 Å². The summed E-state index contributed by atoms with van der Waals surface area (Å²) in [6.07, 6.45) is 0. The minimum atomic E-state index is 0. The van der Waals surface area contributed by atoms with Crippen molar-refractivity contribution in [2.75, 3.05) is 0 Å². The standard InChI is InChI=1S/C13H10N2.Zn/c1-2-6-10(7-3-1)13-14-11-8-4-5-9-12(11)15-13;/h1-9H,(H,14,15);. The molecule has 0 amide bonds. The van der Waals surface area contributed by atoms with Gasteiger partial charge in [-0.25, -0.2) is 4.98 Å². The molecular formula is C13H10N2Zn. The molecule has 0 spiro atoms. The van der Waals surface area contributed by atoms with Gasteiger partial charge in [-0.2, -0.15) is 0 Å². The molecule has 0 unspecified atom stereocenters. The second kappa shape index (κ2) is 4.58. The maximum Gasteiger partial charge on any atom is 0.138 e. The summed E-state index contributed by atoms with van der Waals surface area (Å²) in [5, 5.41) is 0. The number of H-pyrrole nitrogens is 1. The second-order valence-corrected chi connectivity index (χ2v) is 3.47. The molecule has 0 saturated carbocycles. The van der Waals surface area contributed by atoms with E-state index in [2.05, 4.69) is 22.1 Å². The van der Waals surface area contributed by atoms with Gasteiger partial charge in [0.2, 0.25) is 0 Å². The van der Waals surface area contributed by atoms with Crippen LogP contribution >= 0.6 is 0 Å². The van der Waals surface area contributed by atoms with Crippen molar-refractivity contribution in [3.63, 3.8) is 0 Å². The fraction of sp³-hybridized carbons (Fsp3) is 0. The summed E-state index contributed by atoms with van der Waals surface area (Å²) in [5.41, 5.74) is 3.21. The third-order valence-corrected chi connectivity index (χ3v) is 2.44. The third kappa shape index (κ3) is 1.91. The van der Waals surface area contributed by atoms with Crippen LogP contribution in [0.25, 0.3) is 22.4 Å². The number of para-hydroxylation sites is 2. The number of nitrogens with zero attached hydrogens (tertiary/aromatic N) is 1. The summed E-state index contributed by atoms with van der Waals surface area (Å²) in [4.78, 5) is 7.83. The van der Waals surface area contributed by atoms with Gasteiger partial charge >= 0.3 is 0 Å². The molecule has 0 radical (unpaired) electrons. The predicted octanol–water partition coefficient (Wildman–Crippen LogP) is 3.23. The molecule has 3 aromatic rings. The van der Waals surface area contributed by atoms with Gasteiger partial charge in [-0.3, -0.25) is 0 Å². The van der Waals surface area contributed by atoms with Crippen LogP contribution in [0.2, 0.25) is 0 Å². The molecule has 0 aliphatic rings. The van der Waals surface area contributed by atoms with Crippen LogP contribution in [-0.2, 0) is 19.5 Å². The van der Waals surface area contributed by atoms with Crippen molar-refractivity contribution in [3.8, 4) is 11.4 Å². The maximum absolute atomic E-state index is 4.53. The van der Waals surface area contributed by atoms with Gasteiger partial charge in [0.15, 0.2) is 0 Å². The number of hydrogen-bond acceptors (Lipinski definition) is 1. The smallest absolute Gasteiger partial charge is 0.138 e.